The first-order chi connectivity index (χ1) is 8.06. The number of thiazole rings is 1. The molecular formula is C11H10N2O2S2. The van der Waals surface area contributed by atoms with E-state index < -0.39 is 5.97 Å². The molecular weight excluding hydrogens is 256 g/mol. The summed E-state index contributed by atoms with van der Waals surface area (Å²) in [5.74, 6) is -1.01. The van der Waals surface area contributed by atoms with E-state index in [4.69, 9.17) is 5.11 Å². The Morgan fingerprint density at radius 1 is 1.47 bits per heavy atom. The maximum atomic E-state index is 10.8. The van der Waals surface area contributed by atoms with Crippen molar-refractivity contribution in [3.63, 3.8) is 0 Å². The van der Waals surface area contributed by atoms with Gasteiger partial charge in [0, 0.05) is 16.0 Å². The Hall–Kier alpha value is -1.40. The minimum atomic E-state index is -1.01. The molecule has 0 atom stereocenters. The summed E-state index contributed by atoms with van der Waals surface area (Å²) in [5.41, 5.74) is 1.07. The van der Waals surface area contributed by atoms with Crippen LogP contribution >= 0.6 is 23.1 Å². The number of hydrogen-bond acceptors (Lipinski definition) is 5. The van der Waals surface area contributed by atoms with Gasteiger partial charge in [0.15, 0.2) is 4.34 Å². The maximum Gasteiger partial charge on any atom is 0.354 e. The molecule has 4 nitrogen and oxygen atoms in total. The third-order valence-corrected chi connectivity index (χ3v) is 4.29. The second-order valence-electron chi connectivity index (χ2n) is 3.41. The highest BCUT2D eigenvalue weighted by Crippen LogP contribution is 2.32. The van der Waals surface area contributed by atoms with Crippen molar-refractivity contribution in [2.45, 2.75) is 23.1 Å². The summed E-state index contributed by atoms with van der Waals surface area (Å²) in [6, 6.07) is 3.34. The molecule has 1 N–H and O–H groups in total. The molecule has 0 fully saturated rings. The third kappa shape index (κ3) is 2.83. The number of carbonyl (C=O) groups is 1. The Labute approximate surface area is 107 Å². The minimum absolute atomic E-state index is 0.0556. The van der Waals surface area contributed by atoms with Crippen molar-refractivity contribution < 1.29 is 9.90 Å². The molecule has 0 aliphatic heterocycles. The van der Waals surface area contributed by atoms with Crippen molar-refractivity contribution >= 4 is 29.1 Å². The lowest BCUT2D eigenvalue weighted by Crippen LogP contribution is -1.99. The van der Waals surface area contributed by atoms with Crippen molar-refractivity contribution in [2.75, 3.05) is 0 Å². The van der Waals surface area contributed by atoms with E-state index in [0.29, 0.717) is 0 Å². The highest BCUT2D eigenvalue weighted by Gasteiger charge is 2.09. The predicted octanol–water partition coefficient (Wildman–Crippen LogP) is 3.00. The van der Waals surface area contributed by atoms with E-state index in [9.17, 15) is 4.79 Å². The number of nitrogens with zero attached hydrogens (tertiary/aromatic N) is 2. The zero-order valence-corrected chi connectivity index (χ0v) is 10.9. The van der Waals surface area contributed by atoms with E-state index in [1.165, 1.54) is 22.8 Å². The van der Waals surface area contributed by atoms with Crippen LogP contribution in [0.4, 0.5) is 0 Å². The molecule has 0 saturated carbocycles. The van der Waals surface area contributed by atoms with E-state index in [1.807, 2.05) is 13.8 Å². The van der Waals surface area contributed by atoms with E-state index in [1.54, 1.807) is 23.5 Å². The largest absolute Gasteiger partial charge is 0.477 e. The van der Waals surface area contributed by atoms with E-state index >= 15 is 0 Å². The van der Waals surface area contributed by atoms with E-state index in [-0.39, 0.29) is 5.69 Å². The Morgan fingerprint density at radius 2 is 2.24 bits per heavy atom. The monoisotopic (exact) mass is 266 g/mol. The molecule has 17 heavy (non-hydrogen) atoms. The number of carboxylic acids is 1. The van der Waals surface area contributed by atoms with Gasteiger partial charge in [-0.1, -0.05) is 11.8 Å². The van der Waals surface area contributed by atoms with Crippen LogP contribution in [0.25, 0.3) is 0 Å². The number of pyridine rings is 1. The molecule has 0 radical (unpaired) electrons. The van der Waals surface area contributed by atoms with Crippen molar-refractivity contribution in [3.05, 3.63) is 34.6 Å². The molecule has 2 heterocycles. The van der Waals surface area contributed by atoms with Gasteiger partial charge in [-0.3, -0.25) is 0 Å². The lowest BCUT2D eigenvalue weighted by molar-refractivity contribution is 0.0690. The zero-order chi connectivity index (χ0) is 12.4. The molecule has 0 unspecified atom stereocenters. The number of rotatable bonds is 3. The lowest BCUT2D eigenvalue weighted by atomic mass is 10.4. The summed E-state index contributed by atoms with van der Waals surface area (Å²) >= 11 is 3.07. The molecule has 2 aromatic rings. The molecule has 0 saturated heterocycles. The molecule has 2 aromatic heterocycles. The van der Waals surface area contributed by atoms with Crippen molar-refractivity contribution in [1.82, 2.24) is 9.97 Å². The molecule has 0 spiro atoms. The van der Waals surface area contributed by atoms with Gasteiger partial charge < -0.3 is 5.11 Å². The first-order valence-electron chi connectivity index (χ1n) is 4.87. The smallest absolute Gasteiger partial charge is 0.354 e. The van der Waals surface area contributed by atoms with Crippen molar-refractivity contribution in [1.29, 1.82) is 0 Å². The fourth-order valence-corrected chi connectivity index (χ4v) is 3.33. The second kappa shape index (κ2) is 4.85. The van der Waals surface area contributed by atoms with Crippen LogP contribution in [0, 0.1) is 13.8 Å². The van der Waals surface area contributed by atoms with Crippen LogP contribution in [0.2, 0.25) is 0 Å². The molecule has 0 aromatic carbocycles. The summed E-state index contributed by atoms with van der Waals surface area (Å²) < 4.78 is 0.919. The Morgan fingerprint density at radius 3 is 2.82 bits per heavy atom. The van der Waals surface area contributed by atoms with Crippen molar-refractivity contribution in [3.8, 4) is 0 Å². The summed E-state index contributed by atoms with van der Waals surface area (Å²) in [6.07, 6.45) is 1.50. The third-order valence-electron chi connectivity index (χ3n) is 2.16. The summed E-state index contributed by atoms with van der Waals surface area (Å²) in [6.45, 7) is 3.98. The van der Waals surface area contributed by atoms with Crippen LogP contribution in [0.5, 0.6) is 0 Å². The SMILES string of the molecule is Cc1nc(Sc2ccnc(C(=O)O)c2)sc1C. The van der Waals surface area contributed by atoms with Gasteiger partial charge in [0.2, 0.25) is 0 Å². The van der Waals surface area contributed by atoms with Gasteiger partial charge >= 0.3 is 5.97 Å². The van der Waals surface area contributed by atoms with Crippen LogP contribution in [-0.2, 0) is 0 Å². The Kier molecular flexibility index (Phi) is 3.44. The quantitative estimate of drug-likeness (QED) is 0.925. The standard InChI is InChI=1S/C11H10N2O2S2/c1-6-7(2)16-11(13-6)17-8-3-4-12-9(5-8)10(14)15/h3-5H,1-2H3,(H,14,15). The van der Waals surface area contributed by atoms with Crippen LogP contribution in [-0.4, -0.2) is 21.0 Å². The molecule has 0 aliphatic carbocycles. The van der Waals surface area contributed by atoms with E-state index in [0.717, 1.165) is 14.9 Å². The van der Waals surface area contributed by atoms with Crippen LogP contribution in [0.15, 0.2) is 27.6 Å². The fourth-order valence-electron chi connectivity index (χ4n) is 1.18. The number of carboxylic acid groups (broad SMARTS) is 1. The molecule has 0 aliphatic rings. The van der Waals surface area contributed by atoms with Gasteiger partial charge in [0.05, 0.1) is 5.69 Å². The number of aromatic carboxylic acids is 1. The highest BCUT2D eigenvalue weighted by molar-refractivity contribution is 8.01. The van der Waals surface area contributed by atoms with Gasteiger partial charge in [-0.15, -0.1) is 11.3 Å². The zero-order valence-electron chi connectivity index (χ0n) is 9.30. The molecule has 0 amide bonds. The maximum absolute atomic E-state index is 10.8. The number of aromatic nitrogens is 2. The van der Waals surface area contributed by atoms with E-state index in [2.05, 4.69) is 9.97 Å². The molecule has 88 valence electrons. The Balaban J connectivity index is 2.24. The highest BCUT2D eigenvalue weighted by atomic mass is 32.2. The van der Waals surface area contributed by atoms with Crippen LogP contribution in [0.1, 0.15) is 21.1 Å². The fraction of sp³-hybridized carbons (Fsp3) is 0.182. The first kappa shape index (κ1) is 12.1. The van der Waals surface area contributed by atoms with Gasteiger partial charge in [0.1, 0.15) is 5.69 Å². The summed E-state index contributed by atoms with van der Waals surface area (Å²) in [4.78, 5) is 21.0. The summed E-state index contributed by atoms with van der Waals surface area (Å²) in [5, 5.41) is 8.84. The van der Waals surface area contributed by atoms with Gasteiger partial charge in [-0.2, -0.15) is 0 Å². The van der Waals surface area contributed by atoms with Gasteiger partial charge in [0.25, 0.3) is 0 Å². The molecule has 0 bridgehead atoms. The average Bonchev–Trinajstić information content (AvgIpc) is 2.58. The lowest BCUT2D eigenvalue weighted by Gasteiger charge is -1.98. The van der Waals surface area contributed by atoms with Gasteiger partial charge in [-0.05, 0) is 26.0 Å². The second-order valence-corrected chi connectivity index (χ2v) is 5.93. The Bertz CT molecular complexity index is 547. The normalized spacial score (nSPS) is 10.5. The summed E-state index contributed by atoms with van der Waals surface area (Å²) in [7, 11) is 0. The minimum Gasteiger partial charge on any atom is -0.477 e. The predicted molar refractivity (Wildman–Crippen MR) is 66.9 cm³/mol. The number of hydrogen-bond donors (Lipinski definition) is 1. The van der Waals surface area contributed by atoms with Gasteiger partial charge in [-0.25, -0.2) is 14.8 Å². The first-order valence-corrected chi connectivity index (χ1v) is 6.51. The van der Waals surface area contributed by atoms with Crippen LogP contribution in [0.3, 0.4) is 0 Å². The molecule has 6 heteroatoms. The van der Waals surface area contributed by atoms with Crippen molar-refractivity contribution in [2.24, 2.45) is 0 Å². The van der Waals surface area contributed by atoms with Crippen LogP contribution < -0.4 is 0 Å². The molecule has 2 rings (SSSR count). The number of aryl methyl sites for hydroxylation is 2. The average molecular weight is 266 g/mol. The topological polar surface area (TPSA) is 63.1 Å².